The number of anilines is 1. The molecule has 1 N–H and O–H groups in total. The van der Waals surface area contributed by atoms with Crippen LogP contribution in [-0.2, 0) is 6.42 Å². The van der Waals surface area contributed by atoms with Crippen LogP contribution in [0.1, 0.15) is 19.4 Å². The highest BCUT2D eigenvalue weighted by Crippen LogP contribution is 2.25. The fourth-order valence-corrected chi connectivity index (χ4v) is 3.08. The van der Waals surface area contributed by atoms with Crippen molar-refractivity contribution in [3.8, 4) is 5.75 Å². The number of rotatable bonds is 7. The first-order valence-corrected chi connectivity index (χ1v) is 8.96. The third kappa shape index (κ3) is 3.80. The lowest BCUT2D eigenvalue weighted by atomic mass is 9.95. The second-order valence-corrected chi connectivity index (χ2v) is 6.81. The maximum atomic E-state index is 12.6. The highest BCUT2D eigenvalue weighted by atomic mass is 16.6. The molecule has 0 fully saturated rings. The van der Waals surface area contributed by atoms with Crippen LogP contribution in [0.2, 0.25) is 0 Å². The Kier molecular flexibility index (Phi) is 5.58. The van der Waals surface area contributed by atoms with Crippen molar-refractivity contribution in [1.29, 1.82) is 0 Å². The first-order valence-electron chi connectivity index (χ1n) is 8.96. The van der Waals surface area contributed by atoms with Gasteiger partial charge in [-0.2, -0.15) is 0 Å². The zero-order valence-corrected chi connectivity index (χ0v) is 16.0. The average molecular weight is 382 g/mol. The number of pyridine rings is 1. The number of benzene rings is 1. The van der Waals surface area contributed by atoms with E-state index in [4.69, 9.17) is 4.74 Å². The SMILES string of the molecule is COc1ccccc1CC(Nc1nc2ccccn2c(=O)c1[N+](=O)[O-])C(C)C. The van der Waals surface area contributed by atoms with Crippen molar-refractivity contribution in [1.82, 2.24) is 9.38 Å². The van der Waals surface area contributed by atoms with E-state index in [-0.39, 0.29) is 17.8 Å². The summed E-state index contributed by atoms with van der Waals surface area (Å²) >= 11 is 0. The summed E-state index contributed by atoms with van der Waals surface area (Å²) < 4.78 is 6.58. The fraction of sp³-hybridized carbons (Fsp3) is 0.300. The van der Waals surface area contributed by atoms with E-state index in [2.05, 4.69) is 10.3 Å². The lowest BCUT2D eigenvalue weighted by Gasteiger charge is -2.24. The highest BCUT2D eigenvalue weighted by Gasteiger charge is 2.27. The molecule has 3 rings (SSSR count). The molecule has 8 nitrogen and oxygen atoms in total. The molecule has 3 aromatic rings. The van der Waals surface area contributed by atoms with E-state index >= 15 is 0 Å². The van der Waals surface area contributed by atoms with Crippen molar-refractivity contribution in [2.45, 2.75) is 26.3 Å². The summed E-state index contributed by atoms with van der Waals surface area (Å²) in [5.74, 6) is 0.853. The monoisotopic (exact) mass is 382 g/mol. The van der Waals surface area contributed by atoms with Gasteiger partial charge in [0.05, 0.1) is 12.0 Å². The van der Waals surface area contributed by atoms with Crippen molar-refractivity contribution in [3.63, 3.8) is 0 Å². The van der Waals surface area contributed by atoms with Gasteiger partial charge in [-0.25, -0.2) is 4.98 Å². The van der Waals surface area contributed by atoms with Crippen molar-refractivity contribution < 1.29 is 9.66 Å². The Hall–Kier alpha value is -3.42. The lowest BCUT2D eigenvalue weighted by molar-refractivity contribution is -0.385. The molecule has 0 spiro atoms. The molecule has 2 aromatic heterocycles. The fourth-order valence-electron chi connectivity index (χ4n) is 3.08. The van der Waals surface area contributed by atoms with E-state index in [0.717, 1.165) is 11.3 Å². The number of aromatic nitrogens is 2. The Bertz CT molecular complexity index is 1060. The van der Waals surface area contributed by atoms with Gasteiger partial charge in [0.2, 0.25) is 5.82 Å². The van der Waals surface area contributed by atoms with Crippen LogP contribution in [-0.4, -0.2) is 27.5 Å². The van der Waals surface area contributed by atoms with Gasteiger partial charge in [0.25, 0.3) is 0 Å². The summed E-state index contributed by atoms with van der Waals surface area (Å²) in [4.78, 5) is 27.9. The first kappa shape index (κ1) is 19.3. The molecule has 0 bridgehead atoms. The average Bonchev–Trinajstić information content (AvgIpc) is 2.67. The largest absolute Gasteiger partial charge is 0.496 e. The number of ether oxygens (including phenoxy) is 1. The van der Waals surface area contributed by atoms with Crippen molar-refractivity contribution in [2.24, 2.45) is 5.92 Å². The van der Waals surface area contributed by atoms with Crippen molar-refractivity contribution in [3.05, 3.63) is 74.7 Å². The normalized spacial score (nSPS) is 12.1. The molecule has 0 saturated heterocycles. The number of nitrogens with zero attached hydrogens (tertiary/aromatic N) is 3. The van der Waals surface area contributed by atoms with Gasteiger partial charge in [-0.3, -0.25) is 19.3 Å². The van der Waals surface area contributed by atoms with Gasteiger partial charge in [0.1, 0.15) is 11.4 Å². The van der Waals surface area contributed by atoms with Crippen molar-refractivity contribution in [2.75, 3.05) is 12.4 Å². The first-order chi connectivity index (χ1) is 13.4. The molecule has 1 unspecified atom stereocenters. The van der Waals surface area contributed by atoms with E-state index in [1.807, 2.05) is 38.1 Å². The minimum absolute atomic E-state index is 0.0187. The number of fused-ring (bicyclic) bond motifs is 1. The Morgan fingerprint density at radius 1 is 1.21 bits per heavy atom. The highest BCUT2D eigenvalue weighted by molar-refractivity contribution is 5.60. The van der Waals surface area contributed by atoms with Gasteiger partial charge in [0, 0.05) is 12.2 Å². The molecular formula is C20H22N4O4. The molecule has 0 amide bonds. The summed E-state index contributed by atoms with van der Waals surface area (Å²) in [5.41, 5.74) is 0.0454. The summed E-state index contributed by atoms with van der Waals surface area (Å²) in [6, 6.07) is 12.4. The predicted octanol–water partition coefficient (Wildman–Crippen LogP) is 3.29. The number of methoxy groups -OCH3 is 1. The molecule has 0 aliphatic heterocycles. The van der Waals surface area contributed by atoms with Gasteiger partial charge in [-0.1, -0.05) is 38.1 Å². The Morgan fingerprint density at radius 2 is 1.93 bits per heavy atom. The second-order valence-electron chi connectivity index (χ2n) is 6.81. The molecule has 0 aliphatic carbocycles. The molecule has 8 heteroatoms. The molecule has 0 saturated carbocycles. The number of hydrogen-bond donors (Lipinski definition) is 1. The van der Waals surface area contributed by atoms with Crippen LogP contribution < -0.4 is 15.6 Å². The van der Waals surface area contributed by atoms with Crippen LogP contribution in [0.5, 0.6) is 5.75 Å². The smallest absolute Gasteiger partial charge is 0.376 e. The second kappa shape index (κ2) is 8.08. The van der Waals surface area contributed by atoms with E-state index in [1.165, 1.54) is 10.6 Å². The minimum Gasteiger partial charge on any atom is -0.496 e. The maximum Gasteiger partial charge on any atom is 0.376 e. The summed E-state index contributed by atoms with van der Waals surface area (Å²) in [5, 5.41) is 14.7. The van der Waals surface area contributed by atoms with Gasteiger partial charge in [-0.15, -0.1) is 0 Å². The maximum absolute atomic E-state index is 12.6. The van der Waals surface area contributed by atoms with Crippen molar-refractivity contribution >= 4 is 17.2 Å². The van der Waals surface area contributed by atoms with E-state index < -0.39 is 16.2 Å². The van der Waals surface area contributed by atoms with E-state index in [1.54, 1.807) is 25.3 Å². The van der Waals surface area contributed by atoms with Gasteiger partial charge in [-0.05, 0) is 36.1 Å². The Labute approximate surface area is 162 Å². The summed E-state index contributed by atoms with van der Waals surface area (Å²) in [6.07, 6.45) is 2.03. The molecular weight excluding hydrogens is 360 g/mol. The van der Waals surface area contributed by atoms with Crippen LogP contribution in [0.25, 0.3) is 5.65 Å². The van der Waals surface area contributed by atoms with Crippen LogP contribution in [0, 0.1) is 16.0 Å². The van der Waals surface area contributed by atoms with Gasteiger partial charge >= 0.3 is 11.2 Å². The molecule has 2 heterocycles. The van der Waals surface area contributed by atoms with E-state index in [0.29, 0.717) is 12.1 Å². The topological polar surface area (TPSA) is 98.8 Å². The predicted molar refractivity (Wildman–Crippen MR) is 107 cm³/mol. The van der Waals surface area contributed by atoms with Crippen LogP contribution in [0.15, 0.2) is 53.5 Å². The standard InChI is InChI=1S/C20H22N4O4/c1-13(2)15(12-14-8-4-5-9-16(14)28-3)21-19-18(24(26)27)20(25)23-11-7-6-10-17(23)22-19/h4-11,13,15,21H,12H2,1-3H3. The third-order valence-electron chi connectivity index (χ3n) is 4.65. The number of nitro groups is 1. The van der Waals surface area contributed by atoms with Gasteiger partial charge < -0.3 is 10.1 Å². The zero-order chi connectivity index (χ0) is 20.3. The van der Waals surface area contributed by atoms with Crippen LogP contribution in [0.3, 0.4) is 0 Å². The van der Waals surface area contributed by atoms with E-state index in [9.17, 15) is 14.9 Å². The number of para-hydroxylation sites is 1. The lowest BCUT2D eigenvalue weighted by Crippen LogP contribution is -2.31. The third-order valence-corrected chi connectivity index (χ3v) is 4.65. The molecule has 0 radical (unpaired) electrons. The summed E-state index contributed by atoms with van der Waals surface area (Å²) in [6.45, 7) is 4.01. The number of nitrogens with one attached hydrogen (secondary N) is 1. The zero-order valence-electron chi connectivity index (χ0n) is 16.0. The minimum atomic E-state index is -0.710. The van der Waals surface area contributed by atoms with Crippen LogP contribution >= 0.6 is 0 Å². The molecule has 28 heavy (non-hydrogen) atoms. The molecule has 0 aliphatic rings. The quantitative estimate of drug-likeness (QED) is 0.497. The Balaban J connectivity index is 2.04. The molecule has 1 atom stereocenters. The number of hydrogen-bond acceptors (Lipinski definition) is 6. The van der Waals surface area contributed by atoms with Crippen LogP contribution in [0.4, 0.5) is 11.5 Å². The Morgan fingerprint density at radius 3 is 2.61 bits per heavy atom. The van der Waals surface area contributed by atoms with Gasteiger partial charge in [0.15, 0.2) is 0 Å². The molecule has 1 aromatic carbocycles. The summed E-state index contributed by atoms with van der Waals surface area (Å²) in [7, 11) is 1.60. The molecule has 146 valence electrons.